The molecule has 116 valence electrons. The van der Waals surface area contributed by atoms with E-state index in [-0.39, 0.29) is 5.70 Å². The van der Waals surface area contributed by atoms with E-state index in [2.05, 4.69) is 4.99 Å². The Labute approximate surface area is 139 Å². The van der Waals surface area contributed by atoms with E-state index in [1.165, 1.54) is 0 Å². The Balaban J connectivity index is 1.83. The van der Waals surface area contributed by atoms with E-state index in [0.29, 0.717) is 23.3 Å². The molecule has 0 radical (unpaired) electrons. The van der Waals surface area contributed by atoms with Gasteiger partial charge in [0.15, 0.2) is 11.6 Å². The highest BCUT2D eigenvalue weighted by molar-refractivity contribution is 6.31. The summed E-state index contributed by atoms with van der Waals surface area (Å²) in [5.41, 5.74) is 1.91. The maximum Gasteiger partial charge on any atom is 0.363 e. The van der Waals surface area contributed by atoms with Crippen molar-refractivity contribution in [2.45, 2.75) is 13.5 Å². The Morgan fingerprint density at radius 2 is 1.91 bits per heavy atom. The number of rotatable bonds is 4. The number of aliphatic imine (C=N–C) groups is 1. The van der Waals surface area contributed by atoms with Crippen molar-refractivity contribution in [2.75, 3.05) is 0 Å². The van der Waals surface area contributed by atoms with Gasteiger partial charge < -0.3 is 9.47 Å². The summed E-state index contributed by atoms with van der Waals surface area (Å²) in [5, 5.41) is 0.655. The molecule has 0 aromatic heterocycles. The quantitative estimate of drug-likeness (QED) is 0.623. The Morgan fingerprint density at radius 3 is 2.65 bits per heavy atom. The highest BCUT2D eigenvalue weighted by Gasteiger charge is 2.20. The molecule has 2 aromatic carbocycles. The van der Waals surface area contributed by atoms with Crippen molar-refractivity contribution in [3.8, 4) is 5.75 Å². The summed E-state index contributed by atoms with van der Waals surface area (Å²) in [4.78, 5) is 15.7. The number of cyclic esters (lactones) is 1. The summed E-state index contributed by atoms with van der Waals surface area (Å²) >= 11 is 6.13. The highest BCUT2D eigenvalue weighted by atomic mass is 35.5. The van der Waals surface area contributed by atoms with Crippen LogP contribution in [0.5, 0.6) is 5.75 Å². The summed E-state index contributed by atoms with van der Waals surface area (Å²) in [6.45, 7) is 1.98. The van der Waals surface area contributed by atoms with Gasteiger partial charge in [0.2, 0.25) is 0 Å². The summed E-state index contributed by atoms with van der Waals surface area (Å²) in [7, 11) is 0. The fourth-order valence-electron chi connectivity index (χ4n) is 2.17. The lowest BCUT2D eigenvalue weighted by atomic mass is 10.1. The molecule has 1 aliphatic rings. The summed E-state index contributed by atoms with van der Waals surface area (Å²) < 4.78 is 10.8. The smallest absolute Gasteiger partial charge is 0.363 e. The first-order valence-corrected chi connectivity index (χ1v) is 7.45. The van der Waals surface area contributed by atoms with E-state index in [0.717, 1.165) is 11.1 Å². The third-order valence-electron chi connectivity index (χ3n) is 3.28. The van der Waals surface area contributed by atoms with E-state index in [1.54, 1.807) is 13.0 Å². The normalized spacial score (nSPS) is 15.5. The van der Waals surface area contributed by atoms with Crippen LogP contribution in [-0.4, -0.2) is 11.9 Å². The third-order valence-corrected chi connectivity index (χ3v) is 3.65. The Hall–Kier alpha value is -2.59. The van der Waals surface area contributed by atoms with Crippen molar-refractivity contribution in [3.05, 3.63) is 70.4 Å². The lowest BCUT2D eigenvalue weighted by molar-refractivity contribution is -0.130. The lowest BCUT2D eigenvalue weighted by Crippen LogP contribution is -2.00. The van der Waals surface area contributed by atoms with Crippen LogP contribution >= 0.6 is 11.6 Å². The molecule has 0 atom stereocenters. The van der Waals surface area contributed by atoms with Gasteiger partial charge in [-0.05, 0) is 18.2 Å². The van der Waals surface area contributed by atoms with Gasteiger partial charge in [-0.2, -0.15) is 0 Å². The number of carbonyl (C=O) groups is 1. The first-order chi connectivity index (χ1) is 11.1. The van der Waals surface area contributed by atoms with Gasteiger partial charge in [0.05, 0.1) is 0 Å². The third kappa shape index (κ3) is 3.60. The van der Waals surface area contributed by atoms with E-state index < -0.39 is 5.97 Å². The zero-order valence-electron chi connectivity index (χ0n) is 12.5. The zero-order chi connectivity index (χ0) is 16.2. The van der Waals surface area contributed by atoms with Crippen LogP contribution in [0.25, 0.3) is 6.08 Å². The molecule has 0 aliphatic carbocycles. The van der Waals surface area contributed by atoms with Crippen LogP contribution in [0.15, 0.2) is 59.2 Å². The number of para-hydroxylation sites is 1. The first kappa shape index (κ1) is 15.3. The molecule has 0 spiro atoms. The molecule has 0 amide bonds. The number of ether oxygens (including phenoxy) is 2. The summed E-state index contributed by atoms with van der Waals surface area (Å²) in [5.74, 6) is 0.534. The van der Waals surface area contributed by atoms with Crippen LogP contribution in [0.1, 0.15) is 18.1 Å². The SMILES string of the molecule is CC1=N/C(=C\c2ccccc2OCc2ccccc2Cl)C(=O)O1. The fraction of sp³-hybridized carbons (Fsp3) is 0.111. The molecule has 5 heteroatoms. The molecule has 23 heavy (non-hydrogen) atoms. The van der Waals surface area contributed by atoms with Crippen molar-refractivity contribution < 1.29 is 14.3 Å². The molecule has 0 unspecified atom stereocenters. The van der Waals surface area contributed by atoms with Crippen LogP contribution in [0.3, 0.4) is 0 Å². The Morgan fingerprint density at radius 1 is 1.17 bits per heavy atom. The summed E-state index contributed by atoms with van der Waals surface area (Å²) in [6, 6.07) is 14.9. The van der Waals surface area contributed by atoms with Gasteiger partial charge >= 0.3 is 5.97 Å². The van der Waals surface area contributed by atoms with Gasteiger partial charge in [0.1, 0.15) is 12.4 Å². The van der Waals surface area contributed by atoms with Gasteiger partial charge in [0, 0.05) is 23.1 Å². The molecule has 0 saturated heterocycles. The standard InChI is InChI=1S/C18H14ClNO3/c1-12-20-16(18(21)23-12)10-13-6-3-5-9-17(13)22-11-14-7-2-4-8-15(14)19/h2-10H,11H2,1H3/b16-10-. The van der Waals surface area contributed by atoms with E-state index in [9.17, 15) is 4.79 Å². The van der Waals surface area contributed by atoms with Crippen molar-refractivity contribution in [2.24, 2.45) is 4.99 Å². The number of carbonyl (C=O) groups excluding carboxylic acids is 1. The van der Waals surface area contributed by atoms with Gasteiger partial charge in [-0.25, -0.2) is 9.79 Å². The fourth-order valence-corrected chi connectivity index (χ4v) is 2.36. The molecule has 1 heterocycles. The average Bonchev–Trinajstić information content (AvgIpc) is 2.85. The monoisotopic (exact) mass is 327 g/mol. The molecule has 4 nitrogen and oxygen atoms in total. The van der Waals surface area contributed by atoms with E-state index >= 15 is 0 Å². The Bertz CT molecular complexity index is 811. The number of halogens is 1. The highest BCUT2D eigenvalue weighted by Crippen LogP contribution is 2.25. The predicted octanol–water partition coefficient (Wildman–Crippen LogP) is 4.24. The average molecular weight is 328 g/mol. The first-order valence-electron chi connectivity index (χ1n) is 7.08. The zero-order valence-corrected chi connectivity index (χ0v) is 13.2. The molecule has 1 aliphatic heterocycles. The topological polar surface area (TPSA) is 47.9 Å². The molecule has 0 N–H and O–H groups in total. The van der Waals surface area contributed by atoms with Crippen LogP contribution < -0.4 is 4.74 Å². The molecule has 3 rings (SSSR count). The van der Waals surface area contributed by atoms with Crippen LogP contribution in [0.2, 0.25) is 5.02 Å². The van der Waals surface area contributed by atoms with Crippen LogP contribution in [-0.2, 0) is 16.1 Å². The van der Waals surface area contributed by atoms with Crippen molar-refractivity contribution in [1.82, 2.24) is 0 Å². The number of hydrogen-bond donors (Lipinski definition) is 0. The largest absolute Gasteiger partial charge is 0.488 e. The van der Waals surface area contributed by atoms with Gasteiger partial charge in [-0.1, -0.05) is 48.0 Å². The molecular weight excluding hydrogens is 314 g/mol. The van der Waals surface area contributed by atoms with E-state index in [1.807, 2.05) is 48.5 Å². The van der Waals surface area contributed by atoms with Gasteiger partial charge in [-0.3, -0.25) is 0 Å². The van der Waals surface area contributed by atoms with Crippen LogP contribution in [0.4, 0.5) is 0 Å². The predicted molar refractivity (Wildman–Crippen MR) is 89.4 cm³/mol. The van der Waals surface area contributed by atoms with E-state index in [4.69, 9.17) is 21.1 Å². The second-order valence-electron chi connectivity index (χ2n) is 4.97. The number of esters is 1. The molecule has 2 aromatic rings. The van der Waals surface area contributed by atoms with Crippen molar-refractivity contribution in [1.29, 1.82) is 0 Å². The molecule has 0 saturated carbocycles. The number of benzene rings is 2. The lowest BCUT2D eigenvalue weighted by Gasteiger charge is -2.10. The van der Waals surface area contributed by atoms with Crippen molar-refractivity contribution in [3.63, 3.8) is 0 Å². The second-order valence-corrected chi connectivity index (χ2v) is 5.38. The minimum Gasteiger partial charge on any atom is -0.488 e. The minimum atomic E-state index is -0.455. The van der Waals surface area contributed by atoms with Crippen molar-refractivity contribution >= 4 is 29.5 Å². The molecular formula is C18H14ClNO3. The van der Waals surface area contributed by atoms with Crippen LogP contribution in [0, 0.1) is 0 Å². The van der Waals surface area contributed by atoms with Gasteiger partial charge in [0.25, 0.3) is 0 Å². The molecule has 0 bridgehead atoms. The Kier molecular flexibility index (Phi) is 4.44. The molecule has 0 fully saturated rings. The number of nitrogens with zero attached hydrogens (tertiary/aromatic N) is 1. The summed E-state index contributed by atoms with van der Waals surface area (Å²) in [6.07, 6.45) is 1.65. The van der Waals surface area contributed by atoms with Gasteiger partial charge in [-0.15, -0.1) is 0 Å². The second kappa shape index (κ2) is 6.67. The minimum absolute atomic E-state index is 0.260. The maximum absolute atomic E-state index is 11.7. The number of hydrogen-bond acceptors (Lipinski definition) is 4. The maximum atomic E-state index is 11.7.